The molecule has 0 bridgehead atoms. The molecule has 0 spiro atoms. The Kier molecular flexibility index (Phi) is 3.88. The molecule has 0 N–H and O–H groups in total. The topological polar surface area (TPSA) is 52.2 Å². The molecular weight excluding hydrogens is 331 g/mol. The lowest BCUT2D eigenvalue weighted by Crippen LogP contribution is -2.18. The van der Waals surface area contributed by atoms with E-state index in [-0.39, 0.29) is 11.4 Å². The standard InChI is InChI=1S/C20H17FN4O/c1-13-9-16(11-24(2)20(13)26)15-7-8-18-22-23-19(25(18)12-15)10-14-5-3-4-6-17(14)21/h3-9,11-12H,10H2,1-2H3. The molecule has 3 heterocycles. The van der Waals surface area contributed by atoms with Crippen molar-refractivity contribution in [2.24, 2.45) is 7.05 Å². The van der Waals surface area contributed by atoms with Crippen LogP contribution < -0.4 is 5.56 Å². The number of benzene rings is 1. The number of fused-ring (bicyclic) bond motifs is 1. The molecule has 4 rings (SSSR count). The zero-order valence-corrected chi connectivity index (χ0v) is 14.5. The van der Waals surface area contributed by atoms with Crippen LogP contribution in [0.25, 0.3) is 16.8 Å². The first-order valence-electron chi connectivity index (χ1n) is 8.27. The van der Waals surface area contributed by atoms with Gasteiger partial charge in [-0.3, -0.25) is 9.20 Å². The van der Waals surface area contributed by atoms with Gasteiger partial charge in [0.05, 0.1) is 0 Å². The second-order valence-electron chi connectivity index (χ2n) is 6.36. The van der Waals surface area contributed by atoms with Gasteiger partial charge in [-0.05, 0) is 47.9 Å². The highest BCUT2D eigenvalue weighted by molar-refractivity contribution is 5.64. The fourth-order valence-corrected chi connectivity index (χ4v) is 3.08. The minimum absolute atomic E-state index is 0.0145. The van der Waals surface area contributed by atoms with Crippen LogP contribution >= 0.6 is 0 Å². The molecule has 0 saturated carbocycles. The summed E-state index contributed by atoms with van der Waals surface area (Å²) in [5.41, 5.74) is 3.80. The maximum Gasteiger partial charge on any atom is 0.253 e. The number of aryl methyl sites for hydroxylation is 2. The summed E-state index contributed by atoms with van der Waals surface area (Å²) >= 11 is 0. The van der Waals surface area contributed by atoms with Gasteiger partial charge in [0.25, 0.3) is 5.56 Å². The van der Waals surface area contributed by atoms with Crippen molar-refractivity contribution >= 4 is 5.65 Å². The average molecular weight is 348 g/mol. The lowest BCUT2D eigenvalue weighted by atomic mass is 10.1. The molecule has 130 valence electrons. The monoisotopic (exact) mass is 348 g/mol. The predicted molar refractivity (Wildman–Crippen MR) is 97.6 cm³/mol. The number of nitrogens with zero attached hydrogens (tertiary/aromatic N) is 4. The van der Waals surface area contributed by atoms with Gasteiger partial charge < -0.3 is 4.57 Å². The molecule has 0 fully saturated rings. The van der Waals surface area contributed by atoms with Crippen molar-refractivity contribution in [3.8, 4) is 11.1 Å². The van der Waals surface area contributed by atoms with Crippen LogP contribution in [0.3, 0.4) is 0 Å². The molecule has 4 aromatic rings. The van der Waals surface area contributed by atoms with Gasteiger partial charge in [-0.1, -0.05) is 18.2 Å². The van der Waals surface area contributed by atoms with E-state index < -0.39 is 0 Å². The minimum atomic E-state index is -0.255. The Balaban J connectivity index is 1.80. The van der Waals surface area contributed by atoms with E-state index in [4.69, 9.17) is 0 Å². The summed E-state index contributed by atoms with van der Waals surface area (Å²) in [6, 6.07) is 12.3. The third kappa shape index (κ3) is 2.79. The molecule has 0 amide bonds. The Morgan fingerprint density at radius 1 is 1.04 bits per heavy atom. The van der Waals surface area contributed by atoms with E-state index in [0.29, 0.717) is 29.0 Å². The van der Waals surface area contributed by atoms with Crippen LogP contribution in [0.4, 0.5) is 4.39 Å². The van der Waals surface area contributed by atoms with Crippen molar-refractivity contribution in [1.29, 1.82) is 0 Å². The number of aromatic nitrogens is 4. The van der Waals surface area contributed by atoms with E-state index in [1.807, 2.05) is 28.8 Å². The van der Waals surface area contributed by atoms with E-state index in [9.17, 15) is 9.18 Å². The SMILES string of the molecule is Cc1cc(-c2ccc3nnc(Cc4ccccc4F)n3c2)cn(C)c1=O. The summed E-state index contributed by atoms with van der Waals surface area (Å²) in [7, 11) is 1.74. The van der Waals surface area contributed by atoms with Gasteiger partial charge in [0.1, 0.15) is 11.6 Å². The van der Waals surface area contributed by atoms with Crippen molar-refractivity contribution in [2.45, 2.75) is 13.3 Å². The molecule has 0 aliphatic heterocycles. The Bertz CT molecular complexity index is 1150. The van der Waals surface area contributed by atoms with Gasteiger partial charge in [0.15, 0.2) is 5.65 Å². The molecule has 26 heavy (non-hydrogen) atoms. The molecule has 0 aliphatic carbocycles. The fraction of sp³-hybridized carbons (Fsp3) is 0.150. The zero-order valence-electron chi connectivity index (χ0n) is 14.5. The Hall–Kier alpha value is -3.28. The average Bonchev–Trinajstić information content (AvgIpc) is 3.03. The van der Waals surface area contributed by atoms with E-state index in [1.54, 1.807) is 42.9 Å². The number of hydrogen-bond donors (Lipinski definition) is 0. The summed E-state index contributed by atoms with van der Waals surface area (Å²) in [6.07, 6.45) is 4.08. The van der Waals surface area contributed by atoms with Crippen LogP contribution in [0, 0.1) is 12.7 Å². The van der Waals surface area contributed by atoms with Crippen LogP contribution in [0.1, 0.15) is 17.0 Å². The molecule has 3 aromatic heterocycles. The number of rotatable bonds is 3. The van der Waals surface area contributed by atoms with Crippen molar-refractivity contribution in [2.75, 3.05) is 0 Å². The van der Waals surface area contributed by atoms with E-state index >= 15 is 0 Å². The number of pyridine rings is 2. The van der Waals surface area contributed by atoms with Gasteiger partial charge >= 0.3 is 0 Å². The van der Waals surface area contributed by atoms with Crippen LogP contribution in [0.15, 0.2) is 59.7 Å². The molecule has 0 saturated heterocycles. The van der Waals surface area contributed by atoms with Gasteiger partial charge in [0, 0.05) is 31.4 Å². The normalized spacial score (nSPS) is 11.2. The van der Waals surface area contributed by atoms with Crippen LogP contribution in [0.2, 0.25) is 0 Å². The highest BCUT2D eigenvalue weighted by Gasteiger charge is 2.11. The lowest BCUT2D eigenvalue weighted by molar-refractivity contribution is 0.611. The largest absolute Gasteiger partial charge is 0.318 e. The van der Waals surface area contributed by atoms with Gasteiger partial charge in [-0.25, -0.2) is 4.39 Å². The molecule has 0 atom stereocenters. The molecule has 0 radical (unpaired) electrons. The predicted octanol–water partition coefficient (Wildman–Crippen LogP) is 3.13. The van der Waals surface area contributed by atoms with Crippen molar-refractivity contribution in [3.05, 3.63) is 88.0 Å². The maximum absolute atomic E-state index is 14.0. The second kappa shape index (κ2) is 6.22. The first-order valence-corrected chi connectivity index (χ1v) is 8.27. The summed E-state index contributed by atoms with van der Waals surface area (Å²) in [5.74, 6) is 0.405. The second-order valence-corrected chi connectivity index (χ2v) is 6.36. The summed E-state index contributed by atoms with van der Waals surface area (Å²) in [4.78, 5) is 11.9. The highest BCUT2D eigenvalue weighted by Crippen LogP contribution is 2.21. The molecular formula is C20H17FN4O. The number of hydrogen-bond acceptors (Lipinski definition) is 3. The smallest absolute Gasteiger partial charge is 0.253 e. The Labute approximate surface area is 149 Å². The molecule has 5 nitrogen and oxygen atoms in total. The van der Waals surface area contributed by atoms with Crippen molar-refractivity contribution in [3.63, 3.8) is 0 Å². The first-order chi connectivity index (χ1) is 12.5. The highest BCUT2D eigenvalue weighted by atomic mass is 19.1. The number of halogens is 1. The maximum atomic E-state index is 14.0. The van der Waals surface area contributed by atoms with E-state index in [0.717, 1.165) is 11.1 Å². The third-order valence-corrected chi connectivity index (χ3v) is 4.48. The Morgan fingerprint density at radius 2 is 1.85 bits per heavy atom. The quantitative estimate of drug-likeness (QED) is 0.572. The Morgan fingerprint density at radius 3 is 2.62 bits per heavy atom. The fourth-order valence-electron chi connectivity index (χ4n) is 3.08. The van der Waals surface area contributed by atoms with Crippen LogP contribution in [-0.2, 0) is 13.5 Å². The molecule has 0 aliphatic rings. The van der Waals surface area contributed by atoms with E-state index in [1.165, 1.54) is 6.07 Å². The van der Waals surface area contributed by atoms with Crippen LogP contribution in [0.5, 0.6) is 0 Å². The third-order valence-electron chi connectivity index (χ3n) is 4.48. The van der Waals surface area contributed by atoms with Crippen molar-refractivity contribution < 1.29 is 4.39 Å². The molecule has 0 unspecified atom stereocenters. The first kappa shape index (κ1) is 16.2. The zero-order chi connectivity index (χ0) is 18.3. The summed E-state index contributed by atoms with van der Waals surface area (Å²) < 4.78 is 17.4. The van der Waals surface area contributed by atoms with Crippen LogP contribution in [-0.4, -0.2) is 19.2 Å². The van der Waals surface area contributed by atoms with Crippen molar-refractivity contribution in [1.82, 2.24) is 19.2 Å². The summed E-state index contributed by atoms with van der Waals surface area (Å²) in [5, 5.41) is 8.37. The molecule has 6 heteroatoms. The summed E-state index contributed by atoms with van der Waals surface area (Å²) in [6.45, 7) is 1.80. The van der Waals surface area contributed by atoms with E-state index in [2.05, 4.69) is 10.2 Å². The minimum Gasteiger partial charge on any atom is -0.318 e. The molecule has 1 aromatic carbocycles. The van der Waals surface area contributed by atoms with Gasteiger partial charge in [-0.2, -0.15) is 0 Å². The lowest BCUT2D eigenvalue weighted by Gasteiger charge is -2.08. The van der Waals surface area contributed by atoms with Gasteiger partial charge in [-0.15, -0.1) is 10.2 Å². The van der Waals surface area contributed by atoms with Gasteiger partial charge in [0.2, 0.25) is 0 Å².